The van der Waals surface area contributed by atoms with E-state index in [0.29, 0.717) is 0 Å². The van der Waals surface area contributed by atoms with Gasteiger partial charge in [0.15, 0.2) is 6.61 Å². The van der Waals surface area contributed by atoms with Gasteiger partial charge in [-0.05, 0) is 18.4 Å². The summed E-state index contributed by atoms with van der Waals surface area (Å²) in [6.45, 7) is 1.69. The van der Waals surface area contributed by atoms with Crippen LogP contribution >= 0.6 is 11.3 Å². The number of rotatable bonds is 2. The van der Waals surface area contributed by atoms with E-state index >= 15 is 0 Å². The van der Waals surface area contributed by atoms with Gasteiger partial charge in [0.05, 0.1) is 6.04 Å². The third-order valence-corrected chi connectivity index (χ3v) is 3.17. The zero-order valence-corrected chi connectivity index (χ0v) is 8.41. The Morgan fingerprint density at radius 3 is 2.86 bits per heavy atom. The van der Waals surface area contributed by atoms with Crippen molar-refractivity contribution < 1.29 is 14.3 Å². The molecule has 0 N–H and O–H groups in total. The van der Waals surface area contributed by atoms with Crippen molar-refractivity contribution >= 4 is 23.3 Å². The largest absolute Gasteiger partial charge is 0.439 e. The van der Waals surface area contributed by atoms with Crippen LogP contribution in [0.5, 0.6) is 0 Å². The Hall–Kier alpha value is -1.36. The normalized spacial score (nSPS) is 18.5. The van der Waals surface area contributed by atoms with Gasteiger partial charge in [0.25, 0.3) is 5.91 Å². The summed E-state index contributed by atoms with van der Waals surface area (Å²) in [4.78, 5) is 24.7. The van der Waals surface area contributed by atoms with E-state index in [4.69, 9.17) is 0 Å². The van der Waals surface area contributed by atoms with E-state index < -0.39 is 6.09 Å². The maximum absolute atomic E-state index is 11.3. The first-order valence-electron chi connectivity index (χ1n) is 4.22. The molecule has 5 heteroatoms. The summed E-state index contributed by atoms with van der Waals surface area (Å²) in [5.41, 5.74) is 0. The first-order valence-corrected chi connectivity index (χ1v) is 5.10. The van der Waals surface area contributed by atoms with Gasteiger partial charge < -0.3 is 4.74 Å². The number of thiophene rings is 1. The van der Waals surface area contributed by atoms with E-state index in [1.165, 1.54) is 11.3 Å². The van der Waals surface area contributed by atoms with Gasteiger partial charge >= 0.3 is 6.09 Å². The average Bonchev–Trinajstić information content (AvgIpc) is 2.75. The number of imide groups is 1. The molecule has 1 unspecified atom stereocenters. The SMILES string of the molecule is CC(c1cccs1)N1C(=O)COC1=O. The summed E-state index contributed by atoms with van der Waals surface area (Å²) in [5, 5.41) is 1.91. The maximum atomic E-state index is 11.3. The smallest absolute Gasteiger partial charge is 0.417 e. The molecule has 2 amide bonds. The number of ether oxygens (including phenoxy) is 1. The third kappa shape index (κ3) is 1.39. The summed E-state index contributed by atoms with van der Waals surface area (Å²) < 4.78 is 4.64. The van der Waals surface area contributed by atoms with Crippen molar-refractivity contribution in [1.82, 2.24) is 4.90 Å². The first-order chi connectivity index (χ1) is 6.70. The second-order valence-electron chi connectivity index (χ2n) is 3.01. The van der Waals surface area contributed by atoms with Gasteiger partial charge in [-0.2, -0.15) is 0 Å². The molecule has 1 saturated heterocycles. The molecule has 0 aromatic carbocycles. The highest BCUT2D eigenvalue weighted by molar-refractivity contribution is 7.10. The van der Waals surface area contributed by atoms with Gasteiger partial charge in [-0.15, -0.1) is 11.3 Å². The Morgan fingerprint density at radius 2 is 2.36 bits per heavy atom. The highest BCUT2D eigenvalue weighted by Crippen LogP contribution is 2.27. The number of nitrogens with zero attached hydrogens (tertiary/aromatic N) is 1. The molecule has 1 aliphatic heterocycles. The third-order valence-electron chi connectivity index (χ3n) is 2.13. The number of hydrogen-bond acceptors (Lipinski definition) is 4. The van der Waals surface area contributed by atoms with Crippen molar-refractivity contribution in [2.75, 3.05) is 6.61 Å². The van der Waals surface area contributed by atoms with Gasteiger partial charge in [-0.25, -0.2) is 9.69 Å². The van der Waals surface area contributed by atoms with Gasteiger partial charge in [0.1, 0.15) is 0 Å². The summed E-state index contributed by atoms with van der Waals surface area (Å²) in [7, 11) is 0. The molecule has 1 aromatic heterocycles. The number of hydrogen-bond donors (Lipinski definition) is 0. The molecule has 1 aliphatic rings. The summed E-state index contributed by atoms with van der Waals surface area (Å²) >= 11 is 1.52. The first kappa shape index (κ1) is 9.21. The van der Waals surface area contributed by atoms with Crippen LogP contribution in [0.25, 0.3) is 0 Å². The van der Waals surface area contributed by atoms with Crippen LogP contribution in [-0.2, 0) is 9.53 Å². The van der Waals surface area contributed by atoms with Crippen molar-refractivity contribution in [2.45, 2.75) is 13.0 Å². The molecule has 74 valence electrons. The topological polar surface area (TPSA) is 46.6 Å². The Labute approximate surface area is 85.1 Å². The van der Waals surface area contributed by atoms with Crippen LogP contribution in [0, 0.1) is 0 Å². The molecule has 1 aromatic rings. The molecular formula is C9H9NO3S. The van der Waals surface area contributed by atoms with Crippen molar-refractivity contribution in [3.05, 3.63) is 22.4 Å². The molecule has 4 nitrogen and oxygen atoms in total. The Balaban J connectivity index is 2.22. The fourth-order valence-corrected chi connectivity index (χ4v) is 2.17. The lowest BCUT2D eigenvalue weighted by molar-refractivity contribution is -0.127. The minimum atomic E-state index is -0.545. The maximum Gasteiger partial charge on any atom is 0.417 e. The monoisotopic (exact) mass is 211 g/mol. The number of carbonyl (C=O) groups excluding carboxylic acids is 2. The van der Waals surface area contributed by atoms with Crippen LogP contribution in [0.2, 0.25) is 0 Å². The van der Waals surface area contributed by atoms with Crippen LogP contribution in [0.15, 0.2) is 17.5 Å². The summed E-state index contributed by atoms with van der Waals surface area (Å²) in [6, 6.07) is 3.56. The zero-order chi connectivity index (χ0) is 10.1. The molecule has 2 rings (SSSR count). The predicted molar refractivity (Wildman–Crippen MR) is 50.9 cm³/mol. The molecular weight excluding hydrogens is 202 g/mol. The quantitative estimate of drug-likeness (QED) is 0.749. The van der Waals surface area contributed by atoms with Gasteiger partial charge in [-0.3, -0.25) is 4.79 Å². The second-order valence-corrected chi connectivity index (χ2v) is 3.99. The van der Waals surface area contributed by atoms with Crippen LogP contribution < -0.4 is 0 Å². The average molecular weight is 211 g/mol. The molecule has 0 spiro atoms. The number of cyclic esters (lactones) is 1. The summed E-state index contributed by atoms with van der Waals surface area (Å²) in [6.07, 6.45) is -0.545. The van der Waals surface area contributed by atoms with E-state index in [0.717, 1.165) is 9.78 Å². The number of carbonyl (C=O) groups is 2. The van der Waals surface area contributed by atoms with E-state index in [1.807, 2.05) is 24.4 Å². The minimum Gasteiger partial charge on any atom is -0.439 e. The molecule has 14 heavy (non-hydrogen) atoms. The molecule has 2 heterocycles. The van der Waals surface area contributed by atoms with Crippen molar-refractivity contribution in [1.29, 1.82) is 0 Å². The van der Waals surface area contributed by atoms with E-state index in [1.54, 1.807) is 0 Å². The molecule has 0 radical (unpaired) electrons. The van der Waals surface area contributed by atoms with E-state index in [9.17, 15) is 9.59 Å². The second kappa shape index (κ2) is 3.42. The molecule has 0 saturated carbocycles. The van der Waals surface area contributed by atoms with Crippen LogP contribution in [-0.4, -0.2) is 23.5 Å². The Kier molecular flexibility index (Phi) is 2.25. The van der Waals surface area contributed by atoms with Gasteiger partial charge in [0.2, 0.25) is 0 Å². The van der Waals surface area contributed by atoms with Gasteiger partial charge in [0, 0.05) is 4.88 Å². The minimum absolute atomic E-state index is 0.130. The highest BCUT2D eigenvalue weighted by Gasteiger charge is 2.35. The highest BCUT2D eigenvalue weighted by atomic mass is 32.1. The van der Waals surface area contributed by atoms with Crippen LogP contribution in [0.3, 0.4) is 0 Å². The molecule has 1 atom stereocenters. The molecule has 0 aliphatic carbocycles. The lowest BCUT2D eigenvalue weighted by Crippen LogP contribution is -2.31. The van der Waals surface area contributed by atoms with Crippen LogP contribution in [0.1, 0.15) is 17.8 Å². The van der Waals surface area contributed by atoms with Crippen molar-refractivity contribution in [3.63, 3.8) is 0 Å². The number of amides is 2. The van der Waals surface area contributed by atoms with Crippen LogP contribution in [0.4, 0.5) is 4.79 Å². The fourth-order valence-electron chi connectivity index (χ4n) is 1.39. The standard InChI is InChI=1S/C9H9NO3S/c1-6(7-3-2-4-14-7)10-8(11)5-13-9(10)12/h2-4,6H,5H2,1H3. The van der Waals surface area contributed by atoms with Gasteiger partial charge in [-0.1, -0.05) is 6.07 Å². The Bertz CT molecular complexity index is 344. The molecule has 1 fully saturated rings. The lowest BCUT2D eigenvalue weighted by Gasteiger charge is -2.18. The van der Waals surface area contributed by atoms with Crippen molar-refractivity contribution in [3.8, 4) is 0 Å². The lowest BCUT2D eigenvalue weighted by atomic mass is 10.2. The Morgan fingerprint density at radius 1 is 1.57 bits per heavy atom. The van der Waals surface area contributed by atoms with Crippen molar-refractivity contribution in [2.24, 2.45) is 0 Å². The summed E-state index contributed by atoms with van der Waals surface area (Å²) in [5.74, 6) is -0.268. The molecule has 0 bridgehead atoms. The zero-order valence-electron chi connectivity index (χ0n) is 7.60. The van der Waals surface area contributed by atoms with E-state index in [2.05, 4.69) is 4.74 Å². The predicted octanol–water partition coefficient (Wildman–Crippen LogP) is 1.79. The van der Waals surface area contributed by atoms with E-state index in [-0.39, 0.29) is 18.6 Å². The fraction of sp³-hybridized carbons (Fsp3) is 0.333.